The molecule has 0 bridgehead atoms. The maximum atomic E-state index is 12.9. The van der Waals surface area contributed by atoms with Gasteiger partial charge in [0.2, 0.25) is 12.3 Å². The number of hydrogen-bond acceptors (Lipinski definition) is 3. The second-order valence-electron chi connectivity index (χ2n) is 5.13. The lowest BCUT2D eigenvalue weighted by Crippen LogP contribution is -2.17. The van der Waals surface area contributed by atoms with Crippen LogP contribution in [0.4, 0.5) is 18.9 Å². The molecule has 114 valence electrons. The van der Waals surface area contributed by atoms with Gasteiger partial charge in [0.25, 0.3) is 0 Å². The van der Waals surface area contributed by atoms with Crippen LogP contribution in [0.5, 0.6) is 0 Å². The zero-order valence-corrected chi connectivity index (χ0v) is 12.0. The minimum atomic E-state index is -4.63. The van der Waals surface area contributed by atoms with Crippen molar-refractivity contribution in [2.45, 2.75) is 25.6 Å². The Balaban J connectivity index is 2.56. The molecule has 0 saturated heterocycles. The summed E-state index contributed by atoms with van der Waals surface area (Å²) in [7, 11) is 0. The number of halogens is 4. The molecule has 1 aromatic rings. The Labute approximate surface area is 124 Å². The highest BCUT2D eigenvalue weighted by molar-refractivity contribution is 6.37. The van der Waals surface area contributed by atoms with Crippen molar-refractivity contribution in [3.63, 3.8) is 0 Å². The second-order valence-corrected chi connectivity index (χ2v) is 5.51. The molecule has 0 saturated carbocycles. The number of carbonyl (C=O) groups is 1. The monoisotopic (exact) mass is 320 g/mol. The number of alkyl halides is 3. The van der Waals surface area contributed by atoms with E-state index in [1.54, 1.807) is 0 Å². The van der Waals surface area contributed by atoms with Crippen LogP contribution in [0.2, 0.25) is 5.02 Å². The van der Waals surface area contributed by atoms with Gasteiger partial charge < -0.3 is 10.1 Å². The molecule has 4 nitrogen and oxygen atoms in total. The summed E-state index contributed by atoms with van der Waals surface area (Å²) in [5.74, 6) is 0.160. The Bertz CT molecular complexity index is 612. The Morgan fingerprint density at radius 3 is 2.57 bits per heavy atom. The van der Waals surface area contributed by atoms with Gasteiger partial charge in [-0.25, -0.2) is 4.99 Å². The number of benzene rings is 1. The van der Waals surface area contributed by atoms with Gasteiger partial charge in [0, 0.05) is 0 Å². The molecular formula is C13H12ClF3N2O2. The Morgan fingerprint density at radius 1 is 1.43 bits per heavy atom. The number of nitrogens with zero attached hydrogens (tertiary/aromatic N) is 1. The summed E-state index contributed by atoms with van der Waals surface area (Å²) in [4.78, 5) is 14.8. The summed E-state index contributed by atoms with van der Waals surface area (Å²) in [6.45, 7) is 3.95. The number of aliphatic imine (C=N–C) groups is 1. The highest BCUT2D eigenvalue weighted by atomic mass is 35.5. The molecule has 1 aromatic carbocycles. The largest absolute Gasteiger partial charge is 0.475 e. The smallest absolute Gasteiger partial charge is 0.418 e. The zero-order valence-electron chi connectivity index (χ0n) is 11.2. The highest BCUT2D eigenvalue weighted by Gasteiger charge is 2.36. The third kappa shape index (κ3) is 3.12. The van der Waals surface area contributed by atoms with Gasteiger partial charge in [0.15, 0.2) is 0 Å². The number of rotatable bonds is 3. The second kappa shape index (κ2) is 5.22. The van der Waals surface area contributed by atoms with Gasteiger partial charge in [-0.2, -0.15) is 13.2 Å². The maximum absolute atomic E-state index is 12.9. The molecule has 0 fully saturated rings. The normalized spacial score (nSPS) is 17.1. The van der Waals surface area contributed by atoms with Crippen LogP contribution in [-0.4, -0.2) is 24.5 Å². The highest BCUT2D eigenvalue weighted by Crippen LogP contribution is 2.40. The third-order valence-electron chi connectivity index (χ3n) is 2.85. The molecule has 21 heavy (non-hydrogen) atoms. The molecule has 0 atom stereocenters. The van der Waals surface area contributed by atoms with Crippen molar-refractivity contribution in [1.82, 2.24) is 0 Å². The average molecular weight is 321 g/mol. The fourth-order valence-electron chi connectivity index (χ4n) is 1.90. The molecule has 8 heteroatoms. The molecule has 1 heterocycles. The molecule has 0 unspecified atom stereocenters. The van der Waals surface area contributed by atoms with Gasteiger partial charge in [-0.1, -0.05) is 11.6 Å². The first-order valence-electron chi connectivity index (χ1n) is 5.98. The van der Waals surface area contributed by atoms with Gasteiger partial charge in [0.1, 0.15) is 6.61 Å². The van der Waals surface area contributed by atoms with E-state index in [-0.39, 0.29) is 22.9 Å². The van der Waals surface area contributed by atoms with Gasteiger partial charge in [-0.3, -0.25) is 4.79 Å². The summed E-state index contributed by atoms with van der Waals surface area (Å²) in [5.41, 5.74) is -1.80. The van der Waals surface area contributed by atoms with Crippen LogP contribution in [-0.2, 0) is 15.7 Å². The first kappa shape index (κ1) is 15.6. The first-order valence-corrected chi connectivity index (χ1v) is 6.36. The van der Waals surface area contributed by atoms with Crippen LogP contribution in [0.25, 0.3) is 0 Å². The molecule has 1 N–H and O–H groups in total. The van der Waals surface area contributed by atoms with E-state index in [0.717, 1.165) is 6.07 Å². The van der Waals surface area contributed by atoms with Crippen molar-refractivity contribution in [3.8, 4) is 0 Å². The molecule has 1 amide bonds. The quantitative estimate of drug-likeness (QED) is 0.867. The van der Waals surface area contributed by atoms with Gasteiger partial charge in [-0.15, -0.1) is 0 Å². The summed E-state index contributed by atoms with van der Waals surface area (Å²) in [5, 5.41) is 1.74. The molecular weight excluding hydrogens is 309 g/mol. The summed E-state index contributed by atoms with van der Waals surface area (Å²) < 4.78 is 44.1. The Kier molecular flexibility index (Phi) is 3.88. The number of carbonyl (C=O) groups excluding carboxylic acids is 1. The predicted molar refractivity (Wildman–Crippen MR) is 72.7 cm³/mol. The third-order valence-corrected chi connectivity index (χ3v) is 3.24. The molecule has 0 aliphatic carbocycles. The average Bonchev–Trinajstić information content (AvgIpc) is 2.70. The summed E-state index contributed by atoms with van der Waals surface area (Å²) in [6, 6.07) is 2.02. The Morgan fingerprint density at radius 2 is 2.10 bits per heavy atom. The minimum absolute atomic E-state index is 0.140. The van der Waals surface area contributed by atoms with Crippen molar-refractivity contribution in [2.75, 3.05) is 11.9 Å². The number of hydrogen-bond donors (Lipinski definition) is 1. The van der Waals surface area contributed by atoms with Gasteiger partial charge in [0.05, 0.1) is 27.4 Å². The van der Waals surface area contributed by atoms with Crippen LogP contribution in [0.3, 0.4) is 0 Å². The molecule has 0 spiro atoms. The van der Waals surface area contributed by atoms with Crippen molar-refractivity contribution in [1.29, 1.82) is 0 Å². The fourth-order valence-corrected chi connectivity index (χ4v) is 2.20. The lowest BCUT2D eigenvalue weighted by Gasteiger charge is -2.15. The number of nitrogens with one attached hydrogen (secondary N) is 1. The van der Waals surface area contributed by atoms with Crippen LogP contribution >= 0.6 is 11.6 Å². The number of amides is 1. The molecule has 0 radical (unpaired) electrons. The van der Waals surface area contributed by atoms with Crippen LogP contribution in [0, 0.1) is 0 Å². The SMILES string of the molecule is CC1(C)COC(c2ccc(C(F)(F)F)c(NC=O)c2Cl)=N1. The lowest BCUT2D eigenvalue weighted by molar-refractivity contribution is -0.136. The summed E-state index contributed by atoms with van der Waals surface area (Å²) in [6.07, 6.45) is -4.49. The van der Waals surface area contributed by atoms with E-state index in [1.807, 2.05) is 19.2 Å². The molecule has 2 rings (SSSR count). The minimum Gasteiger partial charge on any atom is -0.475 e. The maximum Gasteiger partial charge on any atom is 0.418 e. The van der Waals surface area contributed by atoms with Gasteiger partial charge in [-0.05, 0) is 26.0 Å². The first-order chi connectivity index (χ1) is 9.65. The summed E-state index contributed by atoms with van der Waals surface area (Å²) >= 11 is 5.99. The molecule has 1 aliphatic rings. The standard InChI is InChI=1S/C13H12ClF3N2O2/c1-12(2)5-21-11(19-12)7-3-4-8(13(15,16)17)10(9(7)14)18-6-20/h3-4,6H,5H2,1-2H3,(H,18,20). The van der Waals surface area contributed by atoms with E-state index in [4.69, 9.17) is 16.3 Å². The number of anilines is 1. The van der Waals surface area contributed by atoms with Gasteiger partial charge >= 0.3 is 6.18 Å². The predicted octanol–water partition coefficient (Wildman–Crippen LogP) is 3.48. The van der Waals surface area contributed by atoms with E-state index in [2.05, 4.69) is 4.99 Å². The fraction of sp³-hybridized carbons (Fsp3) is 0.385. The molecule has 0 aromatic heterocycles. The van der Waals surface area contributed by atoms with E-state index in [0.29, 0.717) is 6.61 Å². The van der Waals surface area contributed by atoms with Crippen molar-refractivity contribution < 1.29 is 22.7 Å². The van der Waals surface area contributed by atoms with E-state index >= 15 is 0 Å². The van der Waals surface area contributed by atoms with Crippen LogP contribution in [0.15, 0.2) is 17.1 Å². The lowest BCUT2D eigenvalue weighted by atomic mass is 10.1. The van der Waals surface area contributed by atoms with Crippen LogP contribution < -0.4 is 5.32 Å². The zero-order chi connectivity index (χ0) is 15.8. The van der Waals surface area contributed by atoms with Crippen molar-refractivity contribution in [3.05, 3.63) is 28.3 Å². The topological polar surface area (TPSA) is 50.7 Å². The van der Waals surface area contributed by atoms with E-state index in [9.17, 15) is 18.0 Å². The van der Waals surface area contributed by atoms with Crippen molar-refractivity contribution >= 4 is 29.6 Å². The number of ether oxygens (including phenoxy) is 1. The van der Waals surface area contributed by atoms with E-state index in [1.165, 1.54) is 6.07 Å². The van der Waals surface area contributed by atoms with Crippen LogP contribution in [0.1, 0.15) is 25.0 Å². The van der Waals surface area contributed by atoms with E-state index < -0.39 is 23.0 Å². The molecule has 1 aliphatic heterocycles. The van der Waals surface area contributed by atoms with Crippen molar-refractivity contribution in [2.24, 2.45) is 4.99 Å². The Hall–Kier alpha value is -1.76.